The number of hydrogen-bond acceptors (Lipinski definition) is 4. The zero-order chi connectivity index (χ0) is 21.9. The summed E-state index contributed by atoms with van der Waals surface area (Å²) in [6.45, 7) is 3.54. The topological polar surface area (TPSA) is 73.3 Å². The highest BCUT2D eigenvalue weighted by Gasteiger charge is 2.32. The van der Waals surface area contributed by atoms with Gasteiger partial charge in [0.1, 0.15) is 11.6 Å². The molecule has 160 valence electrons. The zero-order valence-electron chi connectivity index (χ0n) is 17.0. The quantitative estimate of drug-likeness (QED) is 0.582. The van der Waals surface area contributed by atoms with Gasteiger partial charge in [-0.05, 0) is 44.4 Å². The molecule has 3 rings (SSSR count). The van der Waals surface area contributed by atoms with Gasteiger partial charge in [-0.3, -0.25) is 9.20 Å². The molecule has 0 radical (unpaired) electrons. The molecule has 1 aromatic carbocycles. The first kappa shape index (κ1) is 22.0. The van der Waals surface area contributed by atoms with Crippen LogP contribution in [0.4, 0.5) is 13.2 Å². The molecule has 0 saturated heterocycles. The monoisotopic (exact) mass is 418 g/mol. The number of carbonyl (C=O) groups is 1. The summed E-state index contributed by atoms with van der Waals surface area (Å²) in [4.78, 5) is 12.6. The van der Waals surface area contributed by atoms with Crippen molar-refractivity contribution in [3.63, 3.8) is 0 Å². The first-order valence-electron chi connectivity index (χ1n) is 9.79. The Balaban J connectivity index is 1.93. The van der Waals surface area contributed by atoms with Crippen LogP contribution >= 0.6 is 0 Å². The van der Waals surface area contributed by atoms with Crippen LogP contribution in [0.3, 0.4) is 0 Å². The molecule has 0 spiro atoms. The predicted octanol–water partition coefficient (Wildman–Crippen LogP) is 4.55. The molecule has 0 amide bonds. The van der Waals surface area contributed by atoms with E-state index in [0.717, 1.165) is 17.8 Å². The zero-order valence-corrected chi connectivity index (χ0v) is 17.0. The van der Waals surface area contributed by atoms with Crippen molar-refractivity contribution in [2.75, 3.05) is 0 Å². The van der Waals surface area contributed by atoms with Gasteiger partial charge in [0, 0.05) is 30.5 Å². The van der Waals surface area contributed by atoms with Crippen LogP contribution in [0.25, 0.3) is 5.65 Å². The number of nitrogens with zero attached hydrogens (tertiary/aromatic N) is 3. The molecule has 1 atom stereocenters. The summed E-state index contributed by atoms with van der Waals surface area (Å²) < 4.78 is 40.9. The Morgan fingerprint density at radius 1 is 1.10 bits per heavy atom. The SMILES string of the molecule is CC(C)(N)CC(=O)C[C@H](CCc1ccccc1)c1nnc2ccc(C(F)(F)F)cn12. The second-order valence-electron chi connectivity index (χ2n) is 8.33. The van der Waals surface area contributed by atoms with Gasteiger partial charge in [-0.25, -0.2) is 0 Å². The molecular formula is C22H25F3N4O. The fraction of sp³-hybridized carbons (Fsp3) is 0.409. The number of rotatable bonds is 8. The molecule has 30 heavy (non-hydrogen) atoms. The highest BCUT2D eigenvalue weighted by Crippen LogP contribution is 2.31. The van der Waals surface area contributed by atoms with Gasteiger partial charge >= 0.3 is 6.18 Å². The average Bonchev–Trinajstić information content (AvgIpc) is 3.07. The number of hydrogen-bond donors (Lipinski definition) is 1. The maximum atomic E-state index is 13.2. The number of benzene rings is 1. The smallest absolute Gasteiger partial charge is 0.325 e. The predicted molar refractivity (Wildman–Crippen MR) is 108 cm³/mol. The lowest BCUT2D eigenvalue weighted by Gasteiger charge is -2.20. The molecule has 0 saturated carbocycles. The number of carbonyl (C=O) groups excluding carboxylic acids is 1. The molecule has 0 aliphatic heterocycles. The highest BCUT2D eigenvalue weighted by molar-refractivity contribution is 5.80. The number of fused-ring (bicyclic) bond motifs is 1. The van der Waals surface area contributed by atoms with Crippen molar-refractivity contribution in [2.24, 2.45) is 5.73 Å². The molecule has 8 heteroatoms. The second-order valence-corrected chi connectivity index (χ2v) is 8.33. The summed E-state index contributed by atoms with van der Waals surface area (Å²) in [5.74, 6) is -0.0713. The van der Waals surface area contributed by atoms with E-state index >= 15 is 0 Å². The fourth-order valence-electron chi connectivity index (χ4n) is 3.52. The Labute approximate surface area is 173 Å². The number of Topliss-reactive ketones (excluding diaryl/α,β-unsaturated/α-hetero) is 1. The Kier molecular flexibility index (Phi) is 6.26. The molecule has 0 bridgehead atoms. The lowest BCUT2D eigenvalue weighted by atomic mass is 9.89. The third kappa shape index (κ3) is 5.66. The van der Waals surface area contributed by atoms with Gasteiger partial charge in [-0.2, -0.15) is 13.2 Å². The largest absolute Gasteiger partial charge is 0.417 e. The van der Waals surface area contributed by atoms with Crippen molar-refractivity contribution < 1.29 is 18.0 Å². The minimum absolute atomic E-state index is 0.0516. The van der Waals surface area contributed by atoms with Crippen LogP contribution in [0, 0.1) is 0 Å². The van der Waals surface area contributed by atoms with Crippen LogP contribution in [-0.4, -0.2) is 25.9 Å². The third-order valence-corrected chi connectivity index (χ3v) is 4.87. The van der Waals surface area contributed by atoms with Gasteiger partial charge < -0.3 is 5.73 Å². The third-order valence-electron chi connectivity index (χ3n) is 4.87. The van der Waals surface area contributed by atoms with Gasteiger partial charge in [0.2, 0.25) is 0 Å². The standard InChI is InChI=1S/C22H25F3N4O/c1-21(2,26)13-18(30)12-16(9-8-15-6-4-3-5-7-15)20-28-27-19-11-10-17(14-29(19)20)22(23,24)25/h3-7,10-11,14,16H,8-9,12-13,26H2,1-2H3/t16-/m0/s1. The van der Waals surface area contributed by atoms with Crippen LogP contribution < -0.4 is 5.73 Å². The van der Waals surface area contributed by atoms with E-state index < -0.39 is 17.3 Å². The van der Waals surface area contributed by atoms with Crippen molar-refractivity contribution in [2.45, 2.75) is 57.2 Å². The summed E-state index contributed by atoms with van der Waals surface area (Å²) in [5, 5.41) is 8.15. The van der Waals surface area contributed by atoms with Gasteiger partial charge in [0.25, 0.3) is 0 Å². The summed E-state index contributed by atoms with van der Waals surface area (Å²) >= 11 is 0. The number of ketones is 1. The number of nitrogens with two attached hydrogens (primary N) is 1. The summed E-state index contributed by atoms with van der Waals surface area (Å²) in [6, 6.07) is 12.0. The van der Waals surface area contributed by atoms with Crippen LogP contribution in [0.15, 0.2) is 48.7 Å². The van der Waals surface area contributed by atoms with Crippen molar-refractivity contribution in [1.82, 2.24) is 14.6 Å². The molecular weight excluding hydrogens is 393 g/mol. The van der Waals surface area contributed by atoms with E-state index in [2.05, 4.69) is 10.2 Å². The van der Waals surface area contributed by atoms with Crippen LogP contribution in [0.1, 0.15) is 56.0 Å². The maximum absolute atomic E-state index is 13.2. The second kappa shape index (κ2) is 8.55. The molecule has 5 nitrogen and oxygen atoms in total. The lowest BCUT2D eigenvalue weighted by molar-refractivity contribution is -0.137. The molecule has 3 aromatic rings. The molecule has 2 heterocycles. The molecule has 2 N–H and O–H groups in total. The lowest BCUT2D eigenvalue weighted by Crippen LogP contribution is -2.35. The van der Waals surface area contributed by atoms with E-state index in [0.29, 0.717) is 24.3 Å². The summed E-state index contributed by atoms with van der Waals surface area (Å²) in [6.07, 6.45) is -1.94. The minimum Gasteiger partial charge on any atom is -0.325 e. The minimum atomic E-state index is -4.48. The van der Waals surface area contributed by atoms with Gasteiger partial charge in [0.15, 0.2) is 5.65 Å². The number of alkyl halides is 3. The van der Waals surface area contributed by atoms with Crippen LogP contribution in [-0.2, 0) is 17.4 Å². The molecule has 2 aromatic heterocycles. The van der Waals surface area contributed by atoms with Crippen LogP contribution in [0.2, 0.25) is 0 Å². The van der Waals surface area contributed by atoms with Crippen LogP contribution in [0.5, 0.6) is 0 Å². The van der Waals surface area contributed by atoms with E-state index in [-0.39, 0.29) is 24.5 Å². The number of aromatic nitrogens is 3. The van der Waals surface area contributed by atoms with Crippen molar-refractivity contribution >= 4 is 11.4 Å². The Hall–Kier alpha value is -2.74. The van der Waals surface area contributed by atoms with E-state index in [1.54, 1.807) is 13.8 Å². The number of pyridine rings is 1. The van der Waals surface area contributed by atoms with E-state index in [4.69, 9.17) is 5.73 Å². The molecule has 0 aliphatic rings. The summed E-state index contributed by atoms with van der Waals surface area (Å²) in [7, 11) is 0. The number of halogens is 3. The first-order valence-corrected chi connectivity index (χ1v) is 9.79. The van der Waals surface area contributed by atoms with Gasteiger partial charge in [-0.15, -0.1) is 10.2 Å². The summed E-state index contributed by atoms with van der Waals surface area (Å²) in [5.41, 5.74) is 5.93. The average molecular weight is 418 g/mol. The normalized spacial score (nSPS) is 13.5. The Bertz CT molecular complexity index is 1010. The van der Waals surface area contributed by atoms with Gasteiger partial charge in [0.05, 0.1) is 5.56 Å². The van der Waals surface area contributed by atoms with Crippen molar-refractivity contribution in [1.29, 1.82) is 0 Å². The van der Waals surface area contributed by atoms with Crippen molar-refractivity contribution in [3.8, 4) is 0 Å². The highest BCUT2D eigenvalue weighted by atomic mass is 19.4. The molecule has 0 fully saturated rings. The Morgan fingerprint density at radius 3 is 2.43 bits per heavy atom. The van der Waals surface area contributed by atoms with E-state index in [1.165, 1.54) is 10.5 Å². The number of aryl methyl sites for hydroxylation is 1. The van der Waals surface area contributed by atoms with Gasteiger partial charge in [-0.1, -0.05) is 30.3 Å². The van der Waals surface area contributed by atoms with Crippen molar-refractivity contribution in [3.05, 3.63) is 65.6 Å². The van der Waals surface area contributed by atoms with E-state index in [9.17, 15) is 18.0 Å². The molecule has 0 unspecified atom stereocenters. The molecule has 0 aliphatic carbocycles. The maximum Gasteiger partial charge on any atom is 0.417 e. The first-order chi connectivity index (χ1) is 14.0. The van der Waals surface area contributed by atoms with E-state index in [1.807, 2.05) is 30.3 Å². The Morgan fingerprint density at radius 2 is 1.80 bits per heavy atom. The fourth-order valence-corrected chi connectivity index (χ4v) is 3.52.